The Bertz CT molecular complexity index is 1030. The summed E-state index contributed by atoms with van der Waals surface area (Å²) >= 11 is 0. The minimum absolute atomic E-state index is 0.0205. The molecule has 27 heavy (non-hydrogen) atoms. The summed E-state index contributed by atoms with van der Waals surface area (Å²) in [5.74, 6) is -1.45. The Morgan fingerprint density at radius 3 is 2.63 bits per heavy atom. The summed E-state index contributed by atoms with van der Waals surface area (Å²) in [5.41, 5.74) is 0.639. The van der Waals surface area contributed by atoms with Gasteiger partial charge in [-0.1, -0.05) is 18.2 Å². The Balaban J connectivity index is 1.88. The molecule has 0 aliphatic heterocycles. The summed E-state index contributed by atoms with van der Waals surface area (Å²) in [4.78, 5) is 34.7. The summed E-state index contributed by atoms with van der Waals surface area (Å²) in [6, 6.07) is 8.06. The second-order valence-electron chi connectivity index (χ2n) is 5.65. The molecule has 0 radical (unpaired) electrons. The number of aromatic nitrogens is 1. The molecule has 0 saturated heterocycles. The van der Waals surface area contributed by atoms with Gasteiger partial charge in [-0.25, -0.2) is 9.59 Å². The summed E-state index contributed by atoms with van der Waals surface area (Å²) in [7, 11) is 1.50. The molecule has 0 saturated carbocycles. The van der Waals surface area contributed by atoms with Gasteiger partial charge in [0.2, 0.25) is 5.76 Å². The van der Waals surface area contributed by atoms with Crippen LogP contribution in [0.3, 0.4) is 0 Å². The number of esters is 2. The van der Waals surface area contributed by atoms with Crippen molar-refractivity contribution in [1.29, 1.82) is 0 Å². The van der Waals surface area contributed by atoms with Crippen molar-refractivity contribution < 1.29 is 28.4 Å². The zero-order valence-electron chi connectivity index (χ0n) is 14.6. The SMILES string of the molecule is CCOC(=O)c1oc2ccccc2c1COC(=O)c1cc([N+](=O)[O-])cn1C. The second-order valence-corrected chi connectivity index (χ2v) is 5.65. The largest absolute Gasteiger partial charge is 0.460 e. The van der Waals surface area contributed by atoms with E-state index in [0.717, 1.165) is 6.07 Å². The number of rotatable bonds is 6. The van der Waals surface area contributed by atoms with Crippen LogP contribution in [0.4, 0.5) is 5.69 Å². The fourth-order valence-corrected chi connectivity index (χ4v) is 2.67. The standard InChI is InChI=1S/C18H16N2O7/c1-3-25-18(22)16-13(12-6-4-5-7-15(12)27-16)10-26-17(21)14-8-11(20(23)24)9-19(14)2/h4-9H,3,10H2,1-2H3. The number of benzene rings is 1. The number of furan rings is 1. The van der Waals surface area contributed by atoms with E-state index in [1.165, 1.54) is 17.8 Å². The third-order valence-electron chi connectivity index (χ3n) is 3.92. The molecule has 0 N–H and O–H groups in total. The van der Waals surface area contributed by atoms with Gasteiger partial charge in [0, 0.05) is 18.5 Å². The highest BCUT2D eigenvalue weighted by Gasteiger charge is 2.24. The minimum atomic E-state index is -0.759. The van der Waals surface area contributed by atoms with Crippen LogP contribution in [0.1, 0.15) is 33.5 Å². The van der Waals surface area contributed by atoms with Gasteiger partial charge in [-0.05, 0) is 13.0 Å². The van der Waals surface area contributed by atoms with Gasteiger partial charge in [-0.15, -0.1) is 0 Å². The molecule has 9 nitrogen and oxygen atoms in total. The highest BCUT2D eigenvalue weighted by molar-refractivity contribution is 5.96. The van der Waals surface area contributed by atoms with Crippen molar-refractivity contribution in [3.8, 4) is 0 Å². The van der Waals surface area contributed by atoms with Crippen LogP contribution in [0.25, 0.3) is 11.0 Å². The number of ether oxygens (including phenoxy) is 2. The number of nitro groups is 1. The zero-order chi connectivity index (χ0) is 19.6. The normalized spacial score (nSPS) is 10.7. The topological polar surface area (TPSA) is 114 Å². The molecule has 2 aromatic heterocycles. The molecule has 0 amide bonds. The lowest BCUT2D eigenvalue weighted by atomic mass is 10.1. The molecule has 0 aliphatic rings. The van der Waals surface area contributed by atoms with Crippen molar-refractivity contribution in [3.05, 3.63) is 63.7 Å². The summed E-state index contributed by atoms with van der Waals surface area (Å²) in [6.45, 7) is 1.59. The molecular weight excluding hydrogens is 356 g/mol. The Morgan fingerprint density at radius 1 is 1.22 bits per heavy atom. The van der Waals surface area contributed by atoms with E-state index in [4.69, 9.17) is 13.9 Å². The number of para-hydroxylation sites is 1. The number of carbonyl (C=O) groups is 2. The maximum Gasteiger partial charge on any atom is 0.374 e. The lowest BCUT2D eigenvalue weighted by molar-refractivity contribution is -0.384. The molecule has 0 aliphatic carbocycles. The van der Waals surface area contributed by atoms with Crippen molar-refractivity contribution in [2.45, 2.75) is 13.5 Å². The van der Waals surface area contributed by atoms with Gasteiger partial charge in [0.15, 0.2) is 0 Å². The van der Waals surface area contributed by atoms with Crippen LogP contribution in [-0.2, 0) is 23.1 Å². The lowest BCUT2D eigenvalue weighted by Gasteiger charge is -2.06. The van der Waals surface area contributed by atoms with Crippen LogP contribution in [-0.4, -0.2) is 28.0 Å². The first-order valence-electron chi connectivity index (χ1n) is 8.07. The van der Waals surface area contributed by atoms with Gasteiger partial charge in [0.05, 0.1) is 23.3 Å². The Kier molecular flexibility index (Phi) is 4.93. The van der Waals surface area contributed by atoms with Crippen molar-refractivity contribution in [3.63, 3.8) is 0 Å². The van der Waals surface area contributed by atoms with E-state index < -0.39 is 16.9 Å². The van der Waals surface area contributed by atoms with E-state index in [9.17, 15) is 19.7 Å². The number of carbonyl (C=O) groups excluding carboxylic acids is 2. The van der Waals surface area contributed by atoms with E-state index in [0.29, 0.717) is 16.5 Å². The number of nitrogens with zero attached hydrogens (tertiary/aromatic N) is 2. The number of aryl methyl sites for hydroxylation is 1. The minimum Gasteiger partial charge on any atom is -0.460 e. The van der Waals surface area contributed by atoms with Gasteiger partial charge in [-0.3, -0.25) is 10.1 Å². The van der Waals surface area contributed by atoms with E-state index >= 15 is 0 Å². The Hall–Kier alpha value is -3.62. The summed E-state index contributed by atoms with van der Waals surface area (Å²) in [5, 5.41) is 11.5. The third kappa shape index (κ3) is 3.52. The van der Waals surface area contributed by atoms with Crippen LogP contribution in [0, 0.1) is 10.1 Å². The Morgan fingerprint density at radius 2 is 1.96 bits per heavy atom. The molecule has 0 atom stereocenters. The predicted octanol–water partition coefficient (Wildman–Crippen LogP) is 3.21. The fourth-order valence-electron chi connectivity index (χ4n) is 2.67. The maximum absolute atomic E-state index is 12.3. The monoisotopic (exact) mass is 372 g/mol. The van der Waals surface area contributed by atoms with Crippen LogP contribution >= 0.6 is 0 Å². The highest BCUT2D eigenvalue weighted by Crippen LogP contribution is 2.28. The molecule has 0 fully saturated rings. The predicted molar refractivity (Wildman–Crippen MR) is 93.4 cm³/mol. The first-order valence-corrected chi connectivity index (χ1v) is 8.07. The van der Waals surface area contributed by atoms with Gasteiger partial charge in [0.1, 0.15) is 17.9 Å². The molecule has 140 valence electrons. The van der Waals surface area contributed by atoms with Crippen LogP contribution in [0.15, 0.2) is 40.9 Å². The molecule has 0 unspecified atom stereocenters. The molecule has 0 bridgehead atoms. The van der Waals surface area contributed by atoms with E-state index in [2.05, 4.69) is 0 Å². The number of fused-ring (bicyclic) bond motifs is 1. The number of hydrogen-bond acceptors (Lipinski definition) is 7. The highest BCUT2D eigenvalue weighted by atomic mass is 16.6. The van der Waals surface area contributed by atoms with Gasteiger partial charge in [-0.2, -0.15) is 0 Å². The first-order chi connectivity index (χ1) is 12.9. The zero-order valence-corrected chi connectivity index (χ0v) is 14.6. The smallest absolute Gasteiger partial charge is 0.374 e. The summed E-state index contributed by atoms with van der Waals surface area (Å²) < 4.78 is 17.1. The number of hydrogen-bond donors (Lipinski definition) is 0. The van der Waals surface area contributed by atoms with Gasteiger partial charge < -0.3 is 18.5 Å². The van der Waals surface area contributed by atoms with Crippen LogP contribution in [0.5, 0.6) is 0 Å². The molecule has 3 aromatic rings. The van der Waals surface area contributed by atoms with E-state index in [1.54, 1.807) is 31.2 Å². The third-order valence-corrected chi connectivity index (χ3v) is 3.92. The average molecular weight is 372 g/mol. The Labute approximate surface area is 153 Å². The van der Waals surface area contributed by atoms with Crippen LogP contribution < -0.4 is 0 Å². The molecule has 9 heteroatoms. The molecule has 2 heterocycles. The fraction of sp³-hybridized carbons (Fsp3) is 0.222. The molecular formula is C18H16N2O7. The summed E-state index contributed by atoms with van der Waals surface area (Å²) in [6.07, 6.45) is 1.22. The quantitative estimate of drug-likeness (QED) is 0.371. The van der Waals surface area contributed by atoms with Crippen LogP contribution in [0.2, 0.25) is 0 Å². The second kappa shape index (κ2) is 7.32. The average Bonchev–Trinajstić information content (AvgIpc) is 3.21. The van der Waals surface area contributed by atoms with Crippen molar-refractivity contribution in [2.75, 3.05) is 6.61 Å². The first kappa shape index (κ1) is 18.2. The van der Waals surface area contributed by atoms with Gasteiger partial charge >= 0.3 is 11.9 Å². The molecule has 0 spiro atoms. The molecule has 1 aromatic carbocycles. The van der Waals surface area contributed by atoms with Gasteiger partial charge in [0.25, 0.3) is 5.69 Å². The lowest BCUT2D eigenvalue weighted by Crippen LogP contribution is -2.12. The van der Waals surface area contributed by atoms with Crippen molar-refractivity contribution in [2.24, 2.45) is 7.05 Å². The maximum atomic E-state index is 12.3. The van der Waals surface area contributed by atoms with Crippen molar-refractivity contribution in [1.82, 2.24) is 4.57 Å². The van der Waals surface area contributed by atoms with E-state index in [-0.39, 0.29) is 30.4 Å². The molecule has 3 rings (SSSR count). The van der Waals surface area contributed by atoms with Crippen molar-refractivity contribution >= 4 is 28.6 Å². The van der Waals surface area contributed by atoms with E-state index in [1.807, 2.05) is 0 Å².